The Morgan fingerprint density at radius 3 is 2.50 bits per heavy atom. The fourth-order valence-corrected chi connectivity index (χ4v) is 2.30. The normalized spacial score (nSPS) is 15.8. The molecule has 0 radical (unpaired) electrons. The summed E-state index contributed by atoms with van der Waals surface area (Å²) in [6, 6.07) is 9.79. The average Bonchev–Trinajstić information content (AvgIpc) is 2.46. The third kappa shape index (κ3) is 4.26. The van der Waals surface area contributed by atoms with Gasteiger partial charge in [-0.25, -0.2) is 4.79 Å². The molecule has 1 aromatic rings. The Kier molecular flexibility index (Phi) is 4.98. The lowest BCUT2D eigenvalue weighted by Crippen LogP contribution is -2.46. The summed E-state index contributed by atoms with van der Waals surface area (Å²) < 4.78 is 5.28. The average molecular weight is 276 g/mol. The van der Waals surface area contributed by atoms with Crippen LogP contribution >= 0.6 is 0 Å². The molecule has 0 aliphatic carbocycles. The fraction of sp³-hybridized carbons (Fsp3) is 0.467. The van der Waals surface area contributed by atoms with Gasteiger partial charge in [0, 0.05) is 26.1 Å². The van der Waals surface area contributed by atoms with Gasteiger partial charge < -0.3 is 15.0 Å². The van der Waals surface area contributed by atoms with E-state index in [2.05, 4.69) is 5.32 Å². The minimum absolute atomic E-state index is 0.0184. The van der Waals surface area contributed by atoms with E-state index in [9.17, 15) is 9.59 Å². The molecule has 0 unspecified atom stereocenters. The molecule has 108 valence electrons. The lowest BCUT2D eigenvalue weighted by molar-refractivity contribution is -0.119. The molecule has 0 bridgehead atoms. The second-order valence-electron chi connectivity index (χ2n) is 5.00. The van der Waals surface area contributed by atoms with Crippen LogP contribution in [0.5, 0.6) is 0 Å². The van der Waals surface area contributed by atoms with E-state index in [0.717, 1.165) is 18.4 Å². The van der Waals surface area contributed by atoms with Gasteiger partial charge in [0.15, 0.2) is 0 Å². The van der Waals surface area contributed by atoms with Crippen LogP contribution < -0.4 is 5.32 Å². The zero-order valence-electron chi connectivity index (χ0n) is 11.7. The lowest BCUT2D eigenvalue weighted by atomic mass is 10.1. The maximum absolute atomic E-state index is 11.9. The van der Waals surface area contributed by atoms with Crippen molar-refractivity contribution >= 4 is 12.0 Å². The molecule has 5 heteroatoms. The number of likely N-dealkylation sites (tertiary alicyclic amines) is 1. The summed E-state index contributed by atoms with van der Waals surface area (Å²) in [5.74, 6) is -0.0184. The highest BCUT2D eigenvalue weighted by Crippen LogP contribution is 2.12. The van der Waals surface area contributed by atoms with Crippen molar-refractivity contribution in [3.8, 4) is 0 Å². The minimum Gasteiger partial charge on any atom is -0.445 e. The molecule has 1 N–H and O–H groups in total. The largest absolute Gasteiger partial charge is 0.445 e. The highest BCUT2D eigenvalue weighted by atomic mass is 16.6. The number of ether oxygens (including phenoxy) is 1. The molecular weight excluding hydrogens is 256 g/mol. The number of hydrogen-bond acceptors (Lipinski definition) is 3. The number of nitrogens with one attached hydrogen (secondary N) is 1. The van der Waals surface area contributed by atoms with Gasteiger partial charge in [0.25, 0.3) is 0 Å². The zero-order chi connectivity index (χ0) is 14.4. The Hall–Kier alpha value is -2.04. The second-order valence-corrected chi connectivity index (χ2v) is 5.00. The summed E-state index contributed by atoms with van der Waals surface area (Å²) in [5, 5.41) is 2.88. The van der Waals surface area contributed by atoms with Gasteiger partial charge in [-0.3, -0.25) is 4.79 Å². The van der Waals surface area contributed by atoms with Crippen molar-refractivity contribution in [2.24, 2.45) is 0 Å². The topological polar surface area (TPSA) is 58.6 Å². The zero-order valence-corrected chi connectivity index (χ0v) is 11.7. The van der Waals surface area contributed by atoms with Crippen LogP contribution in [0, 0.1) is 0 Å². The van der Waals surface area contributed by atoms with Crippen molar-refractivity contribution in [3.63, 3.8) is 0 Å². The lowest BCUT2D eigenvalue weighted by Gasteiger charge is -2.31. The van der Waals surface area contributed by atoms with E-state index in [-0.39, 0.29) is 18.0 Å². The first-order valence-corrected chi connectivity index (χ1v) is 6.88. The van der Waals surface area contributed by atoms with Crippen molar-refractivity contribution in [3.05, 3.63) is 35.9 Å². The third-order valence-corrected chi connectivity index (χ3v) is 3.37. The van der Waals surface area contributed by atoms with Gasteiger partial charge in [-0.05, 0) is 18.4 Å². The van der Waals surface area contributed by atoms with E-state index in [1.807, 2.05) is 30.3 Å². The monoisotopic (exact) mass is 276 g/mol. The third-order valence-electron chi connectivity index (χ3n) is 3.37. The molecule has 1 aliphatic heterocycles. The molecule has 0 spiro atoms. The molecule has 0 atom stereocenters. The maximum atomic E-state index is 11.9. The van der Waals surface area contributed by atoms with Gasteiger partial charge >= 0.3 is 6.09 Å². The minimum atomic E-state index is -0.282. The van der Waals surface area contributed by atoms with Gasteiger partial charge in [0.05, 0.1) is 0 Å². The van der Waals surface area contributed by atoms with Crippen LogP contribution in [0.3, 0.4) is 0 Å². The van der Waals surface area contributed by atoms with Crippen molar-refractivity contribution in [2.75, 3.05) is 13.1 Å². The number of amides is 2. The van der Waals surface area contributed by atoms with Gasteiger partial charge in [-0.15, -0.1) is 0 Å². The number of benzene rings is 1. The molecule has 5 nitrogen and oxygen atoms in total. The SMILES string of the molecule is CC(=O)NC1CCN(C(=O)OCc2ccccc2)CC1. The van der Waals surface area contributed by atoms with Crippen LogP contribution in [0.2, 0.25) is 0 Å². The van der Waals surface area contributed by atoms with Crippen LogP contribution in [0.25, 0.3) is 0 Å². The number of hydrogen-bond donors (Lipinski definition) is 1. The molecule has 2 rings (SSSR count). The predicted octanol–water partition coefficient (Wildman–Crippen LogP) is 1.92. The first-order chi connectivity index (χ1) is 9.65. The molecule has 20 heavy (non-hydrogen) atoms. The number of piperidine rings is 1. The number of rotatable bonds is 3. The molecule has 0 aromatic heterocycles. The summed E-state index contributed by atoms with van der Waals surface area (Å²) in [6.45, 7) is 3.06. The molecule has 1 heterocycles. The van der Waals surface area contributed by atoms with Crippen molar-refractivity contribution in [2.45, 2.75) is 32.4 Å². The first kappa shape index (κ1) is 14.4. The highest BCUT2D eigenvalue weighted by Gasteiger charge is 2.23. The van der Waals surface area contributed by atoms with Crippen LogP contribution in [-0.4, -0.2) is 36.0 Å². The summed E-state index contributed by atoms with van der Waals surface area (Å²) in [7, 11) is 0. The molecule has 2 amide bonds. The molecule has 1 aliphatic rings. The smallest absolute Gasteiger partial charge is 0.410 e. The summed E-state index contributed by atoms with van der Waals surface area (Å²) in [4.78, 5) is 24.6. The van der Waals surface area contributed by atoms with E-state index < -0.39 is 0 Å². The molecule has 1 saturated heterocycles. The summed E-state index contributed by atoms with van der Waals surface area (Å²) in [6.07, 6.45) is 1.27. The maximum Gasteiger partial charge on any atom is 0.410 e. The molecule has 1 fully saturated rings. The van der Waals surface area contributed by atoms with E-state index in [1.165, 1.54) is 6.92 Å². The van der Waals surface area contributed by atoms with E-state index in [1.54, 1.807) is 4.90 Å². The van der Waals surface area contributed by atoms with Gasteiger partial charge in [-0.1, -0.05) is 30.3 Å². The Morgan fingerprint density at radius 2 is 1.90 bits per heavy atom. The molecule has 1 aromatic carbocycles. The summed E-state index contributed by atoms with van der Waals surface area (Å²) >= 11 is 0. The standard InChI is InChI=1S/C15H20N2O3/c1-12(18)16-14-7-9-17(10-8-14)15(19)20-11-13-5-3-2-4-6-13/h2-6,14H,7-11H2,1H3,(H,16,18). The Bertz CT molecular complexity index is 453. The second kappa shape index (κ2) is 6.93. The van der Waals surface area contributed by atoms with Crippen LogP contribution in [0.1, 0.15) is 25.3 Å². The highest BCUT2D eigenvalue weighted by molar-refractivity contribution is 5.73. The molecular formula is C15H20N2O3. The quantitative estimate of drug-likeness (QED) is 0.917. The summed E-state index contributed by atoms with van der Waals surface area (Å²) in [5.41, 5.74) is 0.981. The fourth-order valence-electron chi connectivity index (χ4n) is 2.30. The van der Waals surface area contributed by atoms with E-state index in [4.69, 9.17) is 4.74 Å². The Balaban J connectivity index is 1.73. The predicted molar refractivity (Wildman–Crippen MR) is 75.0 cm³/mol. The van der Waals surface area contributed by atoms with Crippen LogP contribution in [0.4, 0.5) is 4.79 Å². The van der Waals surface area contributed by atoms with Gasteiger partial charge in [-0.2, -0.15) is 0 Å². The number of carbonyl (C=O) groups excluding carboxylic acids is 2. The van der Waals surface area contributed by atoms with Crippen molar-refractivity contribution in [1.82, 2.24) is 10.2 Å². The number of nitrogens with zero attached hydrogens (tertiary/aromatic N) is 1. The van der Waals surface area contributed by atoms with Crippen LogP contribution in [0.15, 0.2) is 30.3 Å². The van der Waals surface area contributed by atoms with Gasteiger partial charge in [0.2, 0.25) is 5.91 Å². The number of carbonyl (C=O) groups is 2. The van der Waals surface area contributed by atoms with E-state index in [0.29, 0.717) is 19.7 Å². The molecule has 0 saturated carbocycles. The Morgan fingerprint density at radius 1 is 1.25 bits per heavy atom. The first-order valence-electron chi connectivity index (χ1n) is 6.88. The van der Waals surface area contributed by atoms with Crippen molar-refractivity contribution < 1.29 is 14.3 Å². The van der Waals surface area contributed by atoms with Gasteiger partial charge in [0.1, 0.15) is 6.61 Å². The Labute approximate surface area is 118 Å². The van der Waals surface area contributed by atoms with Crippen molar-refractivity contribution in [1.29, 1.82) is 0 Å². The van der Waals surface area contributed by atoms with E-state index >= 15 is 0 Å². The van der Waals surface area contributed by atoms with Crippen LogP contribution in [-0.2, 0) is 16.1 Å².